The third-order valence-corrected chi connectivity index (χ3v) is 4.25. The molecule has 0 unspecified atom stereocenters. The van der Waals surface area contributed by atoms with Gasteiger partial charge in [-0.3, -0.25) is 4.79 Å². The fourth-order valence-corrected chi connectivity index (χ4v) is 3.09. The van der Waals surface area contributed by atoms with Crippen LogP contribution in [0.1, 0.15) is 33.5 Å². The molecule has 0 heterocycles. The molecule has 20 heavy (non-hydrogen) atoms. The van der Waals surface area contributed by atoms with Crippen LogP contribution in [0, 0.1) is 5.82 Å². The lowest BCUT2D eigenvalue weighted by atomic mass is 9.99. The average Bonchev–Trinajstić information content (AvgIpc) is 2.89. The van der Waals surface area contributed by atoms with Crippen LogP contribution in [0.15, 0.2) is 40.9 Å². The lowest BCUT2D eigenvalue weighted by Crippen LogP contribution is -2.06. The lowest BCUT2D eigenvalue weighted by molar-refractivity contribution is 0.0989. The van der Waals surface area contributed by atoms with Crippen LogP contribution in [0.5, 0.6) is 0 Å². The normalized spacial score (nSPS) is 13.3. The first-order valence-electron chi connectivity index (χ1n) is 6.72. The van der Waals surface area contributed by atoms with Gasteiger partial charge < -0.3 is 0 Å². The Morgan fingerprint density at radius 2 is 1.90 bits per heavy atom. The molecule has 3 rings (SSSR count). The molecule has 1 nitrogen and oxygen atoms in total. The van der Waals surface area contributed by atoms with Gasteiger partial charge in [0.2, 0.25) is 0 Å². The Labute approximate surface area is 126 Å². The van der Waals surface area contributed by atoms with Crippen molar-refractivity contribution in [2.45, 2.75) is 25.7 Å². The number of carbonyl (C=O) groups is 1. The van der Waals surface area contributed by atoms with Crippen LogP contribution in [0.3, 0.4) is 0 Å². The molecule has 3 heteroatoms. The Bertz CT molecular complexity index is 679. The van der Waals surface area contributed by atoms with Gasteiger partial charge in [-0.15, -0.1) is 0 Å². The van der Waals surface area contributed by atoms with E-state index in [1.165, 1.54) is 23.6 Å². The molecule has 0 N–H and O–H groups in total. The summed E-state index contributed by atoms with van der Waals surface area (Å²) in [7, 11) is 0. The van der Waals surface area contributed by atoms with Crippen LogP contribution in [0.4, 0.5) is 4.39 Å². The topological polar surface area (TPSA) is 17.1 Å². The minimum Gasteiger partial charge on any atom is -0.294 e. The quantitative estimate of drug-likeness (QED) is 0.756. The van der Waals surface area contributed by atoms with E-state index in [1.54, 1.807) is 12.1 Å². The number of aryl methyl sites for hydroxylation is 2. The number of benzene rings is 2. The van der Waals surface area contributed by atoms with Crippen LogP contribution >= 0.6 is 15.9 Å². The largest absolute Gasteiger partial charge is 0.294 e. The summed E-state index contributed by atoms with van der Waals surface area (Å²) in [6.45, 7) is 0. The molecule has 0 fully saturated rings. The highest BCUT2D eigenvalue weighted by Gasteiger charge is 2.15. The standard InChI is InChI=1S/C17H14BrFO/c18-14-6-7-16(19)15(10-14)17(20)9-11-4-5-12-2-1-3-13(12)8-11/h4-8,10H,1-3,9H2. The zero-order valence-corrected chi connectivity index (χ0v) is 12.5. The highest BCUT2D eigenvalue weighted by Crippen LogP contribution is 2.24. The highest BCUT2D eigenvalue weighted by atomic mass is 79.9. The molecule has 1 aliphatic rings. The first-order valence-corrected chi connectivity index (χ1v) is 7.52. The molecule has 2 aromatic carbocycles. The first kappa shape index (κ1) is 13.5. The van der Waals surface area contributed by atoms with Crippen molar-refractivity contribution in [1.29, 1.82) is 0 Å². The minimum absolute atomic E-state index is 0.153. The SMILES string of the molecule is O=C(Cc1ccc2c(c1)CCC2)c1cc(Br)ccc1F. The number of rotatable bonds is 3. The molecule has 1 aliphatic carbocycles. The van der Waals surface area contributed by atoms with E-state index in [4.69, 9.17) is 0 Å². The smallest absolute Gasteiger partial charge is 0.170 e. The van der Waals surface area contributed by atoms with Gasteiger partial charge in [-0.25, -0.2) is 4.39 Å². The molecule has 102 valence electrons. The van der Waals surface area contributed by atoms with Crippen LogP contribution in [-0.2, 0) is 19.3 Å². The summed E-state index contributed by atoms with van der Waals surface area (Å²) in [5.74, 6) is -0.638. The maximum absolute atomic E-state index is 13.7. The third kappa shape index (κ3) is 2.68. The van der Waals surface area contributed by atoms with Gasteiger partial charge in [-0.05, 0) is 54.2 Å². The molecular formula is C17H14BrFO. The third-order valence-electron chi connectivity index (χ3n) is 3.76. The maximum atomic E-state index is 13.7. The van der Waals surface area contributed by atoms with Crippen molar-refractivity contribution in [3.05, 3.63) is 68.9 Å². The molecule has 0 saturated carbocycles. The second-order valence-electron chi connectivity index (χ2n) is 5.18. The monoisotopic (exact) mass is 332 g/mol. The second kappa shape index (κ2) is 5.49. The summed E-state index contributed by atoms with van der Waals surface area (Å²) in [6.07, 6.45) is 3.65. The van der Waals surface area contributed by atoms with E-state index in [9.17, 15) is 9.18 Å². The van der Waals surface area contributed by atoms with E-state index in [0.29, 0.717) is 0 Å². The van der Waals surface area contributed by atoms with Crippen molar-refractivity contribution in [1.82, 2.24) is 0 Å². The zero-order chi connectivity index (χ0) is 14.1. The Kier molecular flexibility index (Phi) is 3.70. The molecular weight excluding hydrogens is 319 g/mol. The van der Waals surface area contributed by atoms with E-state index in [2.05, 4.69) is 28.1 Å². The van der Waals surface area contributed by atoms with Gasteiger partial charge in [0, 0.05) is 10.9 Å². The van der Waals surface area contributed by atoms with Crippen LogP contribution in [0.2, 0.25) is 0 Å². The molecule has 0 spiro atoms. The summed E-state index contributed by atoms with van der Waals surface area (Å²) in [5, 5.41) is 0. The molecule has 0 bridgehead atoms. The number of fused-ring (bicyclic) bond motifs is 1. The lowest BCUT2D eigenvalue weighted by Gasteiger charge is -2.06. The van der Waals surface area contributed by atoms with Crippen molar-refractivity contribution >= 4 is 21.7 Å². The van der Waals surface area contributed by atoms with Crippen molar-refractivity contribution in [3.63, 3.8) is 0 Å². The number of hydrogen-bond donors (Lipinski definition) is 0. The van der Waals surface area contributed by atoms with Crippen LogP contribution in [0.25, 0.3) is 0 Å². The van der Waals surface area contributed by atoms with E-state index < -0.39 is 5.82 Å². The predicted octanol–water partition coefficient (Wildman–Crippen LogP) is 4.50. The van der Waals surface area contributed by atoms with Gasteiger partial charge in [-0.2, -0.15) is 0 Å². The number of carbonyl (C=O) groups excluding carboxylic acids is 1. The molecule has 0 atom stereocenters. The van der Waals surface area contributed by atoms with Gasteiger partial charge in [-0.1, -0.05) is 34.1 Å². The van der Waals surface area contributed by atoms with Gasteiger partial charge in [0.15, 0.2) is 5.78 Å². The number of hydrogen-bond acceptors (Lipinski definition) is 1. The summed E-state index contributed by atoms with van der Waals surface area (Å²) in [5.41, 5.74) is 3.84. The van der Waals surface area contributed by atoms with E-state index >= 15 is 0 Å². The van der Waals surface area contributed by atoms with Crippen molar-refractivity contribution < 1.29 is 9.18 Å². The molecule has 0 aromatic heterocycles. The van der Waals surface area contributed by atoms with Gasteiger partial charge in [0.1, 0.15) is 5.82 Å². The molecule has 2 aromatic rings. The van der Waals surface area contributed by atoms with E-state index in [1.807, 2.05) is 6.07 Å². The summed E-state index contributed by atoms with van der Waals surface area (Å²) >= 11 is 3.27. The van der Waals surface area contributed by atoms with Crippen LogP contribution < -0.4 is 0 Å². The minimum atomic E-state index is -0.459. The zero-order valence-electron chi connectivity index (χ0n) is 11.0. The second-order valence-corrected chi connectivity index (χ2v) is 6.10. The molecule has 0 aliphatic heterocycles. The van der Waals surface area contributed by atoms with E-state index in [0.717, 1.165) is 22.9 Å². The Balaban J connectivity index is 1.84. The number of ketones is 1. The van der Waals surface area contributed by atoms with Crippen molar-refractivity contribution in [3.8, 4) is 0 Å². The first-order chi connectivity index (χ1) is 9.63. The summed E-state index contributed by atoms with van der Waals surface area (Å²) < 4.78 is 14.4. The van der Waals surface area contributed by atoms with Crippen molar-refractivity contribution in [2.24, 2.45) is 0 Å². The van der Waals surface area contributed by atoms with Gasteiger partial charge in [0.05, 0.1) is 5.56 Å². The highest BCUT2D eigenvalue weighted by molar-refractivity contribution is 9.10. The Morgan fingerprint density at radius 3 is 2.75 bits per heavy atom. The maximum Gasteiger partial charge on any atom is 0.170 e. The Morgan fingerprint density at radius 1 is 1.10 bits per heavy atom. The Hall–Kier alpha value is -1.48. The van der Waals surface area contributed by atoms with Gasteiger partial charge in [0.25, 0.3) is 0 Å². The molecule has 0 saturated heterocycles. The van der Waals surface area contributed by atoms with Gasteiger partial charge >= 0.3 is 0 Å². The fraction of sp³-hybridized carbons (Fsp3) is 0.235. The summed E-state index contributed by atoms with van der Waals surface area (Å²) in [4.78, 5) is 12.2. The average molecular weight is 333 g/mol. The number of halogens is 2. The fourth-order valence-electron chi connectivity index (χ4n) is 2.73. The van der Waals surface area contributed by atoms with E-state index in [-0.39, 0.29) is 17.8 Å². The molecule has 0 amide bonds. The predicted molar refractivity (Wildman–Crippen MR) is 80.6 cm³/mol. The summed E-state index contributed by atoms with van der Waals surface area (Å²) in [6, 6.07) is 10.6. The van der Waals surface area contributed by atoms with Crippen molar-refractivity contribution in [2.75, 3.05) is 0 Å². The molecule has 0 radical (unpaired) electrons. The van der Waals surface area contributed by atoms with Crippen LogP contribution in [-0.4, -0.2) is 5.78 Å². The number of Topliss-reactive ketones (excluding diaryl/α,β-unsaturated/α-hetero) is 1.